The van der Waals surface area contributed by atoms with Gasteiger partial charge in [0.05, 0.1) is 0 Å². The minimum absolute atomic E-state index is 0.00410. The maximum absolute atomic E-state index is 13.5. The van der Waals surface area contributed by atoms with Crippen LogP contribution in [-0.2, 0) is 17.8 Å². The van der Waals surface area contributed by atoms with Gasteiger partial charge in [-0.15, -0.1) is 5.10 Å². The summed E-state index contributed by atoms with van der Waals surface area (Å²) in [7, 11) is 0. The third kappa shape index (κ3) is 2.68. The smallest absolute Gasteiger partial charge is 0.252 e. The molecule has 1 N–H and O–H groups in total. The Hall–Kier alpha value is -3.48. The maximum atomic E-state index is 13.5. The molecule has 4 aromatic rings. The van der Waals surface area contributed by atoms with E-state index in [0.717, 1.165) is 17.5 Å². The largest absolute Gasteiger partial charge is 0.358 e. The number of para-hydroxylation sites is 1. The van der Waals surface area contributed by atoms with E-state index >= 15 is 0 Å². The second-order valence-corrected chi connectivity index (χ2v) is 6.74. The number of H-pyrrole nitrogens is 1. The number of amides is 1. The van der Waals surface area contributed by atoms with Crippen molar-refractivity contribution in [2.24, 2.45) is 0 Å². The summed E-state index contributed by atoms with van der Waals surface area (Å²) in [5, 5.41) is 12.6. The van der Waals surface area contributed by atoms with Crippen LogP contribution in [0.2, 0.25) is 0 Å². The number of tetrazole rings is 1. The van der Waals surface area contributed by atoms with Gasteiger partial charge < -0.3 is 9.88 Å². The number of carbonyl (C=O) groups excluding carboxylic acids is 1. The number of nitrogens with zero attached hydrogens (tertiary/aromatic N) is 5. The Balaban J connectivity index is 1.51. The van der Waals surface area contributed by atoms with Crippen LogP contribution in [0.1, 0.15) is 22.9 Å². The summed E-state index contributed by atoms with van der Waals surface area (Å²) in [6, 6.07) is 17.3. The van der Waals surface area contributed by atoms with Gasteiger partial charge in [-0.25, -0.2) is 4.68 Å². The molecule has 0 bridgehead atoms. The van der Waals surface area contributed by atoms with E-state index in [1.807, 2.05) is 47.4 Å². The molecule has 1 amide bonds. The van der Waals surface area contributed by atoms with Gasteiger partial charge in [0.15, 0.2) is 6.04 Å². The zero-order chi connectivity index (χ0) is 18.2. The highest BCUT2D eigenvalue weighted by atomic mass is 16.2. The Morgan fingerprint density at radius 1 is 1.07 bits per heavy atom. The lowest BCUT2D eigenvalue weighted by Crippen LogP contribution is -2.41. The molecule has 0 aliphatic carbocycles. The molecule has 27 heavy (non-hydrogen) atoms. The normalized spacial score (nSPS) is 14.9. The van der Waals surface area contributed by atoms with Crippen molar-refractivity contribution in [2.45, 2.75) is 19.0 Å². The first kappa shape index (κ1) is 15.7. The minimum Gasteiger partial charge on any atom is -0.358 e. The Morgan fingerprint density at radius 2 is 1.89 bits per heavy atom. The maximum Gasteiger partial charge on any atom is 0.252 e. The first-order chi connectivity index (χ1) is 13.3. The van der Waals surface area contributed by atoms with Crippen LogP contribution in [0.4, 0.5) is 0 Å². The molecule has 134 valence electrons. The van der Waals surface area contributed by atoms with Crippen molar-refractivity contribution in [1.82, 2.24) is 30.1 Å². The average Bonchev–Trinajstić information content (AvgIpc) is 3.36. The number of aromatic amines is 1. The van der Waals surface area contributed by atoms with Gasteiger partial charge in [-0.05, 0) is 22.1 Å². The third-order valence-corrected chi connectivity index (χ3v) is 5.17. The lowest BCUT2D eigenvalue weighted by Gasteiger charge is -2.30. The number of hydrogen-bond acceptors (Lipinski definition) is 4. The molecule has 7 nitrogen and oxygen atoms in total. The summed E-state index contributed by atoms with van der Waals surface area (Å²) in [6.07, 6.45) is 2.31. The van der Waals surface area contributed by atoms with E-state index in [-0.39, 0.29) is 5.91 Å². The second-order valence-electron chi connectivity index (χ2n) is 6.74. The van der Waals surface area contributed by atoms with Gasteiger partial charge in [-0.1, -0.05) is 48.5 Å². The minimum atomic E-state index is -0.562. The summed E-state index contributed by atoms with van der Waals surface area (Å²) in [4.78, 5) is 18.9. The van der Waals surface area contributed by atoms with Crippen molar-refractivity contribution in [3.63, 3.8) is 0 Å². The van der Waals surface area contributed by atoms with Gasteiger partial charge in [0.2, 0.25) is 0 Å². The molecule has 0 saturated heterocycles. The molecule has 0 saturated carbocycles. The second kappa shape index (κ2) is 6.35. The van der Waals surface area contributed by atoms with E-state index in [1.54, 1.807) is 0 Å². The number of aromatic nitrogens is 5. The van der Waals surface area contributed by atoms with Gasteiger partial charge in [0.1, 0.15) is 6.33 Å². The van der Waals surface area contributed by atoms with Gasteiger partial charge in [0.25, 0.3) is 5.91 Å². The van der Waals surface area contributed by atoms with E-state index < -0.39 is 6.04 Å². The zero-order valence-electron chi connectivity index (χ0n) is 14.6. The fourth-order valence-electron chi connectivity index (χ4n) is 3.86. The van der Waals surface area contributed by atoms with Gasteiger partial charge in [0, 0.05) is 41.7 Å². The van der Waals surface area contributed by atoms with Gasteiger partial charge >= 0.3 is 0 Å². The van der Waals surface area contributed by atoms with Crippen LogP contribution in [0.3, 0.4) is 0 Å². The zero-order valence-corrected chi connectivity index (χ0v) is 14.6. The van der Waals surface area contributed by atoms with Crippen molar-refractivity contribution in [2.75, 3.05) is 6.54 Å². The average molecular weight is 358 g/mol. The first-order valence-corrected chi connectivity index (χ1v) is 8.96. The molecule has 3 heterocycles. The molecule has 2 aromatic carbocycles. The molecule has 1 atom stereocenters. The van der Waals surface area contributed by atoms with Crippen molar-refractivity contribution in [1.29, 1.82) is 0 Å². The van der Waals surface area contributed by atoms with Crippen molar-refractivity contribution in [3.05, 3.63) is 77.7 Å². The summed E-state index contributed by atoms with van der Waals surface area (Å²) in [5.74, 6) is 0.00410. The first-order valence-electron chi connectivity index (χ1n) is 8.96. The molecule has 2 aromatic heterocycles. The number of rotatable bonds is 3. The van der Waals surface area contributed by atoms with Crippen LogP contribution in [0.15, 0.2) is 60.9 Å². The Kier molecular flexibility index (Phi) is 3.71. The lowest BCUT2D eigenvalue weighted by atomic mass is 10.0. The van der Waals surface area contributed by atoms with E-state index in [2.05, 4.69) is 32.6 Å². The Bertz CT molecular complexity index is 1090. The third-order valence-electron chi connectivity index (χ3n) is 5.17. The van der Waals surface area contributed by atoms with Crippen LogP contribution < -0.4 is 0 Å². The quantitative estimate of drug-likeness (QED) is 0.610. The van der Waals surface area contributed by atoms with Gasteiger partial charge in [-0.3, -0.25) is 4.79 Å². The molecule has 1 aliphatic heterocycles. The summed E-state index contributed by atoms with van der Waals surface area (Å²) in [6.45, 7) is 1.26. The summed E-state index contributed by atoms with van der Waals surface area (Å²) >= 11 is 0. The van der Waals surface area contributed by atoms with E-state index in [4.69, 9.17) is 0 Å². The van der Waals surface area contributed by atoms with E-state index in [0.29, 0.717) is 13.1 Å². The standard InChI is InChI=1S/C20H18N6O/c27-20(19(26-13-21-23-24-26)14-6-2-1-3-7-14)25-11-10-18-16(12-25)15-8-4-5-9-17(15)22-18/h1-9,13,19,22H,10-12H2/t19-/m0/s1. The predicted octanol–water partition coefficient (Wildman–Crippen LogP) is 2.33. The highest BCUT2D eigenvalue weighted by Crippen LogP contribution is 2.29. The fraction of sp³-hybridized carbons (Fsp3) is 0.200. The van der Waals surface area contributed by atoms with Crippen LogP contribution in [0.25, 0.3) is 10.9 Å². The SMILES string of the molecule is O=C([C@H](c1ccccc1)n1cnnn1)N1CCc2[nH]c3ccccc3c2C1. The van der Waals surface area contributed by atoms with Crippen LogP contribution in [-0.4, -0.2) is 42.5 Å². The topological polar surface area (TPSA) is 79.7 Å². The highest BCUT2D eigenvalue weighted by Gasteiger charge is 2.31. The monoisotopic (exact) mass is 358 g/mol. The molecular weight excluding hydrogens is 340 g/mol. The molecule has 0 radical (unpaired) electrons. The van der Waals surface area contributed by atoms with Crippen LogP contribution in [0, 0.1) is 0 Å². The van der Waals surface area contributed by atoms with Crippen LogP contribution in [0.5, 0.6) is 0 Å². The molecule has 7 heteroatoms. The molecule has 0 unspecified atom stereocenters. The molecule has 5 rings (SSSR count). The Labute approximate surface area is 155 Å². The number of benzene rings is 2. The number of nitrogens with one attached hydrogen (secondary N) is 1. The molecule has 1 aliphatic rings. The molecular formula is C20H18N6O. The number of hydrogen-bond donors (Lipinski definition) is 1. The molecule has 0 fully saturated rings. The van der Waals surface area contributed by atoms with Crippen LogP contribution >= 0.6 is 0 Å². The highest BCUT2D eigenvalue weighted by molar-refractivity contribution is 5.87. The molecule has 0 spiro atoms. The van der Waals surface area contributed by atoms with Gasteiger partial charge in [-0.2, -0.15) is 0 Å². The van der Waals surface area contributed by atoms with Crippen molar-refractivity contribution >= 4 is 16.8 Å². The van der Waals surface area contributed by atoms with E-state index in [1.165, 1.54) is 27.7 Å². The number of fused-ring (bicyclic) bond motifs is 3. The summed E-state index contributed by atoms with van der Waals surface area (Å²) in [5.41, 5.74) is 4.42. The Morgan fingerprint density at radius 3 is 2.70 bits per heavy atom. The van der Waals surface area contributed by atoms with Crippen molar-refractivity contribution in [3.8, 4) is 0 Å². The lowest BCUT2D eigenvalue weighted by molar-refractivity contribution is -0.134. The van der Waals surface area contributed by atoms with Crippen molar-refractivity contribution < 1.29 is 4.79 Å². The summed E-state index contributed by atoms with van der Waals surface area (Å²) < 4.78 is 1.53. The predicted molar refractivity (Wildman–Crippen MR) is 99.8 cm³/mol. The van der Waals surface area contributed by atoms with E-state index in [9.17, 15) is 4.79 Å². The fourth-order valence-corrected chi connectivity index (χ4v) is 3.86. The number of carbonyl (C=O) groups is 1.